The summed E-state index contributed by atoms with van der Waals surface area (Å²) in [5.74, 6) is -0.228. The van der Waals surface area contributed by atoms with Crippen LogP contribution in [-0.4, -0.2) is 50.2 Å². The quantitative estimate of drug-likeness (QED) is 0.883. The van der Waals surface area contributed by atoms with Gasteiger partial charge in [-0.1, -0.05) is 0 Å². The van der Waals surface area contributed by atoms with Gasteiger partial charge in [-0.25, -0.2) is 15.1 Å². The van der Waals surface area contributed by atoms with Crippen molar-refractivity contribution >= 4 is 5.91 Å². The second-order valence-corrected chi connectivity index (χ2v) is 5.52. The Labute approximate surface area is 132 Å². The smallest absolute Gasteiger partial charge is 0.317 e. The van der Waals surface area contributed by atoms with Crippen LogP contribution in [0, 0.1) is 13.8 Å². The number of H-pyrrole nitrogens is 1. The number of rotatable bonds is 3. The van der Waals surface area contributed by atoms with Crippen molar-refractivity contribution < 1.29 is 9.53 Å². The van der Waals surface area contributed by atoms with Crippen LogP contribution < -0.4 is 10.3 Å². The van der Waals surface area contributed by atoms with Gasteiger partial charge in [0.2, 0.25) is 0 Å². The minimum absolute atomic E-state index is 0.150. The van der Waals surface area contributed by atoms with Gasteiger partial charge in [0, 0.05) is 30.4 Å². The Morgan fingerprint density at radius 1 is 1.30 bits per heavy atom. The highest BCUT2D eigenvalue weighted by Gasteiger charge is 2.29. The van der Waals surface area contributed by atoms with E-state index in [-0.39, 0.29) is 23.3 Å². The second-order valence-electron chi connectivity index (χ2n) is 5.52. The minimum atomic E-state index is -0.337. The standard InChI is InChI=1S/C15H17N5O3/c1-9-7-10(2)17-15(16-9)23-11-5-6-20(8-11)14(22)12-3-4-13(21)19-18-12/h3-4,7,11H,5-6,8H2,1-2H3,(H,19,21). The zero-order chi connectivity index (χ0) is 16.4. The van der Waals surface area contributed by atoms with E-state index in [4.69, 9.17) is 4.74 Å². The lowest BCUT2D eigenvalue weighted by Gasteiger charge is -2.16. The zero-order valence-corrected chi connectivity index (χ0v) is 12.9. The molecule has 23 heavy (non-hydrogen) atoms. The first-order valence-electron chi connectivity index (χ1n) is 7.35. The van der Waals surface area contributed by atoms with Crippen LogP contribution in [-0.2, 0) is 0 Å². The monoisotopic (exact) mass is 315 g/mol. The molecular weight excluding hydrogens is 298 g/mol. The van der Waals surface area contributed by atoms with Gasteiger partial charge in [0.1, 0.15) is 11.8 Å². The zero-order valence-electron chi connectivity index (χ0n) is 12.9. The van der Waals surface area contributed by atoms with Gasteiger partial charge >= 0.3 is 6.01 Å². The molecule has 2 aromatic rings. The summed E-state index contributed by atoms with van der Waals surface area (Å²) >= 11 is 0. The number of nitrogens with one attached hydrogen (secondary N) is 1. The third-order valence-corrected chi connectivity index (χ3v) is 3.56. The van der Waals surface area contributed by atoms with Crippen LogP contribution in [0.3, 0.4) is 0 Å². The Bertz CT molecular complexity index is 748. The van der Waals surface area contributed by atoms with Crippen molar-refractivity contribution in [2.24, 2.45) is 0 Å². The molecule has 1 fully saturated rings. The number of ether oxygens (including phenoxy) is 1. The summed E-state index contributed by atoms with van der Waals surface area (Å²) < 4.78 is 5.78. The number of hydrogen-bond acceptors (Lipinski definition) is 6. The van der Waals surface area contributed by atoms with E-state index in [1.165, 1.54) is 12.1 Å². The molecule has 1 N–H and O–H groups in total. The molecule has 1 atom stereocenters. The van der Waals surface area contributed by atoms with Crippen LogP contribution in [0.4, 0.5) is 0 Å². The molecule has 1 saturated heterocycles. The van der Waals surface area contributed by atoms with Crippen molar-refractivity contribution in [3.63, 3.8) is 0 Å². The molecule has 1 aliphatic heterocycles. The highest BCUT2D eigenvalue weighted by Crippen LogP contribution is 2.17. The van der Waals surface area contributed by atoms with Gasteiger partial charge in [0.05, 0.1) is 6.54 Å². The molecule has 8 nitrogen and oxygen atoms in total. The Morgan fingerprint density at radius 2 is 2.04 bits per heavy atom. The predicted molar refractivity (Wildman–Crippen MR) is 81.3 cm³/mol. The van der Waals surface area contributed by atoms with Crippen LogP contribution >= 0.6 is 0 Å². The van der Waals surface area contributed by atoms with E-state index >= 15 is 0 Å². The Kier molecular flexibility index (Phi) is 4.05. The maximum atomic E-state index is 12.3. The Balaban J connectivity index is 1.65. The summed E-state index contributed by atoms with van der Waals surface area (Å²) in [5, 5.41) is 6.02. The third kappa shape index (κ3) is 3.53. The van der Waals surface area contributed by atoms with Crippen molar-refractivity contribution in [3.8, 4) is 6.01 Å². The summed E-state index contributed by atoms with van der Waals surface area (Å²) in [6.45, 7) is 4.77. The number of aromatic nitrogens is 4. The second kappa shape index (κ2) is 6.15. The molecule has 0 spiro atoms. The largest absolute Gasteiger partial charge is 0.458 e. The van der Waals surface area contributed by atoms with E-state index in [9.17, 15) is 9.59 Å². The van der Waals surface area contributed by atoms with Crippen molar-refractivity contribution in [1.29, 1.82) is 0 Å². The first-order chi connectivity index (χ1) is 11.0. The van der Waals surface area contributed by atoms with Gasteiger partial charge in [0.15, 0.2) is 0 Å². The molecule has 2 aromatic heterocycles. The van der Waals surface area contributed by atoms with Gasteiger partial charge < -0.3 is 9.64 Å². The molecule has 0 radical (unpaired) electrons. The highest BCUT2D eigenvalue weighted by molar-refractivity contribution is 5.92. The summed E-state index contributed by atoms with van der Waals surface area (Å²) in [4.78, 5) is 33.5. The SMILES string of the molecule is Cc1cc(C)nc(OC2CCN(C(=O)c3ccc(=O)[nH]n3)C2)n1. The first-order valence-corrected chi connectivity index (χ1v) is 7.35. The molecule has 1 unspecified atom stereocenters. The van der Waals surface area contributed by atoms with Gasteiger partial charge in [0.25, 0.3) is 11.5 Å². The predicted octanol–water partition coefficient (Wildman–Crippen LogP) is 0.470. The van der Waals surface area contributed by atoms with Crippen LogP contribution in [0.15, 0.2) is 23.0 Å². The number of amides is 1. The number of aromatic amines is 1. The molecule has 1 aliphatic rings. The van der Waals surface area contributed by atoms with E-state index in [1.807, 2.05) is 19.9 Å². The number of likely N-dealkylation sites (tertiary alicyclic amines) is 1. The number of nitrogens with zero attached hydrogens (tertiary/aromatic N) is 4. The Morgan fingerprint density at radius 3 is 2.70 bits per heavy atom. The highest BCUT2D eigenvalue weighted by atomic mass is 16.5. The number of aryl methyl sites for hydroxylation is 2. The van der Waals surface area contributed by atoms with Gasteiger partial charge in [-0.3, -0.25) is 9.59 Å². The summed E-state index contributed by atoms with van der Waals surface area (Å²) in [5.41, 5.74) is 1.57. The molecule has 0 saturated carbocycles. The normalized spacial score (nSPS) is 17.3. The fourth-order valence-electron chi connectivity index (χ4n) is 2.53. The van der Waals surface area contributed by atoms with Gasteiger partial charge in [-0.2, -0.15) is 5.10 Å². The van der Waals surface area contributed by atoms with E-state index in [0.717, 1.165) is 11.4 Å². The van der Waals surface area contributed by atoms with Gasteiger partial charge in [-0.15, -0.1) is 0 Å². The molecule has 1 amide bonds. The topological polar surface area (TPSA) is 101 Å². The fourth-order valence-corrected chi connectivity index (χ4v) is 2.53. The number of carbonyl (C=O) groups excluding carboxylic acids is 1. The molecular formula is C15H17N5O3. The van der Waals surface area contributed by atoms with Crippen LogP contribution in [0.2, 0.25) is 0 Å². The summed E-state index contributed by atoms with van der Waals surface area (Å²) in [6.07, 6.45) is 0.550. The lowest BCUT2D eigenvalue weighted by molar-refractivity contribution is 0.0762. The molecule has 0 aromatic carbocycles. The van der Waals surface area contributed by atoms with Crippen molar-refractivity contribution in [1.82, 2.24) is 25.1 Å². The lowest BCUT2D eigenvalue weighted by atomic mass is 10.3. The number of carbonyl (C=O) groups is 1. The van der Waals surface area contributed by atoms with Crippen molar-refractivity contribution in [2.45, 2.75) is 26.4 Å². The maximum absolute atomic E-state index is 12.3. The van der Waals surface area contributed by atoms with Crippen LogP contribution in [0.1, 0.15) is 28.3 Å². The molecule has 8 heteroatoms. The van der Waals surface area contributed by atoms with Crippen LogP contribution in [0.25, 0.3) is 0 Å². The number of hydrogen-bond donors (Lipinski definition) is 1. The van der Waals surface area contributed by atoms with Gasteiger partial charge in [-0.05, 0) is 26.0 Å². The summed E-state index contributed by atoms with van der Waals surface area (Å²) in [6, 6.07) is 4.92. The van der Waals surface area contributed by atoms with Crippen molar-refractivity contribution in [2.75, 3.05) is 13.1 Å². The third-order valence-electron chi connectivity index (χ3n) is 3.56. The van der Waals surface area contributed by atoms with Crippen LogP contribution in [0.5, 0.6) is 6.01 Å². The van der Waals surface area contributed by atoms with Crippen molar-refractivity contribution in [3.05, 3.63) is 45.6 Å². The average Bonchev–Trinajstić information content (AvgIpc) is 2.94. The molecule has 120 valence electrons. The van der Waals surface area contributed by atoms with E-state index in [0.29, 0.717) is 25.5 Å². The van der Waals surface area contributed by atoms with E-state index in [2.05, 4.69) is 20.2 Å². The van der Waals surface area contributed by atoms with E-state index < -0.39 is 0 Å². The minimum Gasteiger partial charge on any atom is -0.458 e. The summed E-state index contributed by atoms with van der Waals surface area (Å²) in [7, 11) is 0. The first kappa shape index (κ1) is 15.1. The maximum Gasteiger partial charge on any atom is 0.317 e. The molecule has 0 bridgehead atoms. The molecule has 3 rings (SSSR count). The average molecular weight is 315 g/mol. The molecule has 0 aliphatic carbocycles. The van der Waals surface area contributed by atoms with E-state index in [1.54, 1.807) is 4.90 Å². The molecule has 3 heterocycles. The lowest BCUT2D eigenvalue weighted by Crippen LogP contribution is -2.32. The fraction of sp³-hybridized carbons (Fsp3) is 0.400. The Hall–Kier alpha value is -2.77.